The zero-order chi connectivity index (χ0) is 20.1. The molecular weight excluding hydrogens is 368 g/mol. The minimum absolute atomic E-state index is 0.200. The third-order valence-electron chi connectivity index (χ3n) is 4.80. The van der Waals surface area contributed by atoms with Gasteiger partial charge >= 0.3 is 0 Å². The molecule has 0 radical (unpaired) electrons. The molecule has 0 bridgehead atoms. The first-order chi connectivity index (χ1) is 14.2. The van der Waals surface area contributed by atoms with E-state index >= 15 is 0 Å². The molecule has 0 spiro atoms. The van der Waals surface area contributed by atoms with E-state index in [1.165, 1.54) is 0 Å². The van der Waals surface area contributed by atoms with Crippen molar-refractivity contribution in [2.75, 3.05) is 48.4 Å². The number of pyridine rings is 1. The van der Waals surface area contributed by atoms with Gasteiger partial charge in [0, 0.05) is 50.3 Å². The third kappa shape index (κ3) is 4.26. The molecule has 0 saturated carbocycles. The van der Waals surface area contributed by atoms with E-state index in [9.17, 15) is 4.79 Å². The van der Waals surface area contributed by atoms with Gasteiger partial charge in [-0.2, -0.15) is 0 Å². The van der Waals surface area contributed by atoms with Gasteiger partial charge in [0.05, 0.1) is 12.8 Å². The van der Waals surface area contributed by atoms with Crippen LogP contribution in [-0.2, 0) is 0 Å². The monoisotopic (exact) mass is 390 g/mol. The summed E-state index contributed by atoms with van der Waals surface area (Å²) in [6.45, 7) is 3.15. The van der Waals surface area contributed by atoms with E-state index in [0.717, 1.165) is 37.9 Å². The molecule has 1 saturated heterocycles. The summed E-state index contributed by atoms with van der Waals surface area (Å²) in [5.41, 5.74) is 1.18. The zero-order valence-corrected chi connectivity index (χ0v) is 16.2. The molecule has 0 unspecified atom stereocenters. The number of piperazine rings is 1. The van der Waals surface area contributed by atoms with E-state index in [-0.39, 0.29) is 5.91 Å². The first-order valence-corrected chi connectivity index (χ1v) is 9.42. The van der Waals surface area contributed by atoms with Crippen LogP contribution in [0.4, 0.5) is 17.5 Å². The van der Waals surface area contributed by atoms with Crippen molar-refractivity contribution < 1.29 is 9.53 Å². The van der Waals surface area contributed by atoms with Crippen LogP contribution in [0.5, 0.6) is 5.75 Å². The van der Waals surface area contributed by atoms with Gasteiger partial charge in [-0.25, -0.2) is 15.0 Å². The van der Waals surface area contributed by atoms with Crippen molar-refractivity contribution in [2.45, 2.75) is 0 Å². The van der Waals surface area contributed by atoms with Crippen molar-refractivity contribution in [3.63, 3.8) is 0 Å². The third-order valence-corrected chi connectivity index (χ3v) is 4.80. The van der Waals surface area contributed by atoms with Crippen LogP contribution in [0.15, 0.2) is 61.1 Å². The second-order valence-electron chi connectivity index (χ2n) is 6.58. The fraction of sp³-hybridized carbons (Fsp3) is 0.238. The summed E-state index contributed by atoms with van der Waals surface area (Å²) in [6, 6.07) is 12.7. The van der Waals surface area contributed by atoms with Crippen molar-refractivity contribution in [2.24, 2.45) is 0 Å². The van der Waals surface area contributed by atoms with E-state index < -0.39 is 0 Å². The number of benzene rings is 1. The van der Waals surface area contributed by atoms with Crippen LogP contribution in [0.2, 0.25) is 0 Å². The number of hydrogen-bond acceptors (Lipinski definition) is 7. The van der Waals surface area contributed by atoms with Gasteiger partial charge in [0.15, 0.2) is 0 Å². The molecule has 148 valence electrons. The van der Waals surface area contributed by atoms with Crippen LogP contribution in [0, 0.1) is 0 Å². The van der Waals surface area contributed by atoms with Gasteiger partial charge in [0.25, 0.3) is 5.91 Å². The van der Waals surface area contributed by atoms with Crippen LogP contribution in [0.3, 0.4) is 0 Å². The number of carbonyl (C=O) groups is 1. The minimum Gasteiger partial charge on any atom is -0.495 e. The highest BCUT2D eigenvalue weighted by Crippen LogP contribution is 2.24. The molecule has 1 aliphatic rings. The zero-order valence-electron chi connectivity index (χ0n) is 16.2. The molecule has 1 N–H and O–H groups in total. The predicted molar refractivity (Wildman–Crippen MR) is 112 cm³/mol. The van der Waals surface area contributed by atoms with Crippen LogP contribution >= 0.6 is 0 Å². The maximum atomic E-state index is 12.7. The molecule has 2 aromatic heterocycles. The number of nitrogens with one attached hydrogen (secondary N) is 1. The van der Waals surface area contributed by atoms with Crippen LogP contribution in [0.25, 0.3) is 0 Å². The number of para-hydroxylation sites is 2. The Hall–Kier alpha value is -3.68. The summed E-state index contributed by atoms with van der Waals surface area (Å²) < 4.78 is 5.30. The van der Waals surface area contributed by atoms with Crippen LogP contribution in [-0.4, -0.2) is 54.1 Å². The van der Waals surface area contributed by atoms with Crippen LogP contribution < -0.4 is 19.9 Å². The van der Waals surface area contributed by atoms with Gasteiger partial charge in [-0.3, -0.25) is 4.79 Å². The lowest BCUT2D eigenvalue weighted by molar-refractivity contribution is 0.102. The fourth-order valence-corrected chi connectivity index (χ4v) is 3.27. The van der Waals surface area contributed by atoms with Gasteiger partial charge in [-0.1, -0.05) is 12.1 Å². The molecule has 0 atom stereocenters. The Balaban J connectivity index is 1.43. The molecule has 1 aromatic carbocycles. The number of aromatic nitrogens is 3. The van der Waals surface area contributed by atoms with Gasteiger partial charge < -0.3 is 19.9 Å². The largest absolute Gasteiger partial charge is 0.495 e. The number of amides is 1. The number of carbonyl (C=O) groups excluding carboxylic acids is 1. The Morgan fingerprint density at radius 1 is 0.931 bits per heavy atom. The maximum Gasteiger partial charge on any atom is 0.255 e. The van der Waals surface area contributed by atoms with Crippen molar-refractivity contribution >= 4 is 23.4 Å². The highest BCUT2D eigenvalue weighted by molar-refractivity contribution is 6.05. The van der Waals surface area contributed by atoms with Gasteiger partial charge in [-0.15, -0.1) is 0 Å². The molecule has 8 nitrogen and oxygen atoms in total. The standard InChI is InChI=1S/C21H22N6O2/c1-29-18-6-3-2-5-17(18)25-20(28)16-7-10-22-19(15-16)26-11-13-27(14-12-26)21-23-8-4-9-24-21/h2-10,15H,11-14H2,1H3,(H,25,28). The molecule has 29 heavy (non-hydrogen) atoms. The number of ether oxygens (including phenoxy) is 1. The van der Waals surface area contributed by atoms with Crippen molar-refractivity contribution in [1.82, 2.24) is 15.0 Å². The molecule has 1 aliphatic heterocycles. The molecule has 4 rings (SSSR count). The lowest BCUT2D eigenvalue weighted by atomic mass is 10.2. The Labute approximate surface area is 169 Å². The molecule has 3 aromatic rings. The Morgan fingerprint density at radius 3 is 2.41 bits per heavy atom. The van der Waals surface area contributed by atoms with E-state index in [0.29, 0.717) is 17.0 Å². The smallest absolute Gasteiger partial charge is 0.255 e. The first-order valence-electron chi connectivity index (χ1n) is 9.42. The fourth-order valence-electron chi connectivity index (χ4n) is 3.27. The second kappa shape index (κ2) is 8.55. The number of nitrogens with zero attached hydrogens (tertiary/aromatic N) is 5. The Morgan fingerprint density at radius 2 is 1.66 bits per heavy atom. The average Bonchev–Trinajstić information content (AvgIpc) is 2.80. The average molecular weight is 390 g/mol. The lowest BCUT2D eigenvalue weighted by Gasteiger charge is -2.35. The van der Waals surface area contributed by atoms with E-state index in [2.05, 4.69) is 30.1 Å². The SMILES string of the molecule is COc1ccccc1NC(=O)c1ccnc(N2CCN(c3ncccn3)CC2)c1. The summed E-state index contributed by atoms with van der Waals surface area (Å²) in [5.74, 6) is 1.94. The predicted octanol–water partition coefficient (Wildman–Crippen LogP) is 2.46. The summed E-state index contributed by atoms with van der Waals surface area (Å²) in [4.78, 5) is 30.1. The quantitative estimate of drug-likeness (QED) is 0.716. The van der Waals surface area contributed by atoms with Gasteiger partial charge in [0.1, 0.15) is 11.6 Å². The summed E-state index contributed by atoms with van der Waals surface area (Å²) in [6.07, 6.45) is 5.17. The molecule has 8 heteroatoms. The molecule has 1 fully saturated rings. The minimum atomic E-state index is -0.200. The van der Waals surface area contributed by atoms with Crippen molar-refractivity contribution in [3.05, 3.63) is 66.6 Å². The van der Waals surface area contributed by atoms with Crippen molar-refractivity contribution in [1.29, 1.82) is 0 Å². The molecule has 0 aliphatic carbocycles. The first kappa shape index (κ1) is 18.7. The highest BCUT2D eigenvalue weighted by atomic mass is 16.5. The van der Waals surface area contributed by atoms with Gasteiger partial charge in [-0.05, 0) is 30.3 Å². The Bertz CT molecular complexity index is 974. The molecule has 1 amide bonds. The number of methoxy groups -OCH3 is 1. The number of hydrogen-bond donors (Lipinski definition) is 1. The maximum absolute atomic E-state index is 12.7. The highest BCUT2D eigenvalue weighted by Gasteiger charge is 2.20. The van der Waals surface area contributed by atoms with Crippen molar-refractivity contribution in [3.8, 4) is 5.75 Å². The second-order valence-corrected chi connectivity index (χ2v) is 6.58. The van der Waals surface area contributed by atoms with Gasteiger partial charge in [0.2, 0.25) is 5.95 Å². The van der Waals surface area contributed by atoms with Crippen LogP contribution in [0.1, 0.15) is 10.4 Å². The van der Waals surface area contributed by atoms with E-state index in [1.54, 1.807) is 31.8 Å². The molecule has 3 heterocycles. The molecular formula is C21H22N6O2. The number of rotatable bonds is 5. The summed E-state index contributed by atoms with van der Waals surface area (Å²) >= 11 is 0. The topological polar surface area (TPSA) is 83.5 Å². The lowest BCUT2D eigenvalue weighted by Crippen LogP contribution is -2.47. The summed E-state index contributed by atoms with van der Waals surface area (Å²) in [7, 11) is 1.58. The summed E-state index contributed by atoms with van der Waals surface area (Å²) in [5, 5.41) is 2.90. The van der Waals surface area contributed by atoms with E-state index in [1.807, 2.05) is 36.4 Å². The van der Waals surface area contributed by atoms with E-state index in [4.69, 9.17) is 4.74 Å². The normalized spacial score (nSPS) is 13.8. The number of anilines is 3. The Kier molecular flexibility index (Phi) is 5.51.